The molecule has 9 heteroatoms. The van der Waals surface area contributed by atoms with Crippen LogP contribution >= 0.6 is 0 Å². The van der Waals surface area contributed by atoms with E-state index in [4.69, 9.17) is 4.74 Å². The van der Waals surface area contributed by atoms with E-state index in [-0.39, 0.29) is 6.54 Å². The van der Waals surface area contributed by atoms with Crippen molar-refractivity contribution in [3.63, 3.8) is 0 Å². The van der Waals surface area contributed by atoms with E-state index in [9.17, 15) is 18.0 Å². The highest BCUT2D eigenvalue weighted by Crippen LogP contribution is 2.08. The van der Waals surface area contributed by atoms with E-state index in [0.717, 1.165) is 6.26 Å². The first-order valence-corrected chi connectivity index (χ1v) is 8.86. The number of esters is 1. The number of hydrogen-bond acceptors (Lipinski definition) is 6. The molecule has 0 rings (SSSR count). The summed E-state index contributed by atoms with van der Waals surface area (Å²) in [6.45, 7) is 5.43. The van der Waals surface area contributed by atoms with Crippen LogP contribution in [0.25, 0.3) is 0 Å². The first kappa shape index (κ1) is 20.6. The number of carbonyl (C=O) groups excluding carboxylic acids is 2. The average Bonchev–Trinajstić information content (AvgIpc) is 2.32. The highest BCUT2D eigenvalue weighted by Gasteiger charge is 2.24. The summed E-state index contributed by atoms with van der Waals surface area (Å²) < 4.78 is 33.9. The van der Waals surface area contributed by atoms with Gasteiger partial charge in [0.2, 0.25) is 10.0 Å². The Balaban J connectivity index is 4.30. The molecule has 0 aliphatic heterocycles. The maximum Gasteiger partial charge on any atom is 0.408 e. The minimum Gasteiger partial charge on any atom is -0.467 e. The molecule has 2 N–H and O–H groups in total. The molecule has 0 aromatic rings. The summed E-state index contributed by atoms with van der Waals surface area (Å²) in [7, 11) is -1.98. The van der Waals surface area contributed by atoms with Crippen molar-refractivity contribution >= 4 is 22.1 Å². The van der Waals surface area contributed by atoms with Gasteiger partial charge in [-0.25, -0.2) is 22.7 Å². The number of ether oxygens (including phenoxy) is 2. The van der Waals surface area contributed by atoms with Crippen molar-refractivity contribution in [1.29, 1.82) is 0 Å². The first-order chi connectivity index (χ1) is 9.94. The topological polar surface area (TPSA) is 111 Å². The van der Waals surface area contributed by atoms with E-state index >= 15 is 0 Å². The van der Waals surface area contributed by atoms with Gasteiger partial charge in [-0.1, -0.05) is 0 Å². The summed E-state index contributed by atoms with van der Waals surface area (Å²) in [5, 5.41) is 2.46. The van der Waals surface area contributed by atoms with Crippen molar-refractivity contribution < 1.29 is 27.5 Å². The van der Waals surface area contributed by atoms with Gasteiger partial charge in [0.15, 0.2) is 0 Å². The fourth-order valence-electron chi connectivity index (χ4n) is 1.57. The Bertz CT molecular complexity index is 469. The molecule has 1 amide bonds. The second-order valence-corrected chi connectivity index (χ2v) is 7.72. The summed E-state index contributed by atoms with van der Waals surface area (Å²) in [5.74, 6) is -0.568. The van der Waals surface area contributed by atoms with Crippen molar-refractivity contribution in [1.82, 2.24) is 10.0 Å². The fraction of sp³-hybridized carbons (Fsp3) is 0.846. The molecule has 1 atom stereocenters. The molecule has 0 aromatic carbocycles. The van der Waals surface area contributed by atoms with Crippen LogP contribution in [-0.2, 0) is 24.3 Å². The van der Waals surface area contributed by atoms with Crippen LogP contribution in [0.2, 0.25) is 0 Å². The van der Waals surface area contributed by atoms with Crippen LogP contribution < -0.4 is 10.0 Å². The lowest BCUT2D eigenvalue weighted by molar-refractivity contribution is -0.143. The van der Waals surface area contributed by atoms with Gasteiger partial charge < -0.3 is 14.8 Å². The number of hydrogen-bond donors (Lipinski definition) is 2. The van der Waals surface area contributed by atoms with Crippen LogP contribution in [0.4, 0.5) is 4.79 Å². The summed E-state index contributed by atoms with van der Waals surface area (Å²) in [5.41, 5.74) is -0.663. The second-order valence-electron chi connectivity index (χ2n) is 5.88. The predicted molar refractivity (Wildman–Crippen MR) is 81.9 cm³/mol. The molecular formula is C13H26N2O6S. The SMILES string of the molecule is COC(=O)[C@H](CCCCNS(C)(=O)=O)NC(=O)OC(C)(C)C. The molecule has 0 bridgehead atoms. The highest BCUT2D eigenvalue weighted by atomic mass is 32.2. The monoisotopic (exact) mass is 338 g/mol. The third-order valence-corrected chi connectivity index (χ3v) is 3.19. The number of carbonyl (C=O) groups is 2. The Morgan fingerprint density at radius 2 is 1.77 bits per heavy atom. The third kappa shape index (κ3) is 11.3. The lowest BCUT2D eigenvalue weighted by Crippen LogP contribution is -2.44. The molecule has 0 fully saturated rings. The van der Waals surface area contributed by atoms with E-state index in [0.29, 0.717) is 19.3 Å². The number of alkyl carbamates (subject to hydrolysis) is 1. The van der Waals surface area contributed by atoms with Gasteiger partial charge in [-0.2, -0.15) is 0 Å². The van der Waals surface area contributed by atoms with Gasteiger partial charge in [0.05, 0.1) is 13.4 Å². The summed E-state index contributed by atoms with van der Waals surface area (Å²) in [6.07, 6.45) is 1.79. The predicted octanol–water partition coefficient (Wildman–Crippen LogP) is 0.772. The number of unbranched alkanes of at least 4 members (excludes halogenated alkanes) is 1. The van der Waals surface area contributed by atoms with Crippen LogP contribution in [-0.4, -0.2) is 52.0 Å². The van der Waals surface area contributed by atoms with E-state index in [1.807, 2.05) is 0 Å². The number of methoxy groups -OCH3 is 1. The summed E-state index contributed by atoms with van der Waals surface area (Å²) in [4.78, 5) is 23.3. The molecule has 0 aliphatic rings. The minimum atomic E-state index is -3.22. The van der Waals surface area contributed by atoms with Crippen LogP contribution in [0.5, 0.6) is 0 Å². The van der Waals surface area contributed by atoms with Crippen molar-refractivity contribution in [2.45, 2.75) is 51.7 Å². The van der Waals surface area contributed by atoms with Gasteiger partial charge in [-0.05, 0) is 40.0 Å². The zero-order chi connectivity index (χ0) is 17.4. The maximum absolute atomic E-state index is 11.7. The highest BCUT2D eigenvalue weighted by molar-refractivity contribution is 7.88. The average molecular weight is 338 g/mol. The smallest absolute Gasteiger partial charge is 0.408 e. The van der Waals surface area contributed by atoms with Gasteiger partial charge in [0, 0.05) is 6.54 Å². The molecule has 22 heavy (non-hydrogen) atoms. The Morgan fingerprint density at radius 1 is 1.18 bits per heavy atom. The summed E-state index contributed by atoms with van der Waals surface area (Å²) >= 11 is 0. The van der Waals surface area contributed by atoms with Crippen LogP contribution in [0.3, 0.4) is 0 Å². The molecule has 130 valence electrons. The van der Waals surface area contributed by atoms with Crippen LogP contribution in [0.1, 0.15) is 40.0 Å². The lowest BCUT2D eigenvalue weighted by atomic mass is 10.1. The maximum atomic E-state index is 11.7. The normalized spacial score (nSPS) is 13.3. The number of nitrogens with one attached hydrogen (secondary N) is 2. The van der Waals surface area contributed by atoms with Crippen molar-refractivity contribution in [2.24, 2.45) is 0 Å². The van der Waals surface area contributed by atoms with Crippen molar-refractivity contribution in [2.75, 3.05) is 19.9 Å². The van der Waals surface area contributed by atoms with E-state index < -0.39 is 33.7 Å². The Morgan fingerprint density at radius 3 is 2.23 bits per heavy atom. The molecule has 0 spiro atoms. The van der Waals surface area contributed by atoms with Gasteiger partial charge in [-0.3, -0.25) is 0 Å². The number of rotatable bonds is 8. The molecule has 0 saturated heterocycles. The largest absolute Gasteiger partial charge is 0.467 e. The number of amides is 1. The van der Waals surface area contributed by atoms with Gasteiger partial charge >= 0.3 is 12.1 Å². The van der Waals surface area contributed by atoms with Gasteiger partial charge in [0.25, 0.3) is 0 Å². The zero-order valence-electron chi connectivity index (χ0n) is 13.8. The third-order valence-electron chi connectivity index (χ3n) is 2.46. The number of sulfonamides is 1. The molecule has 0 heterocycles. The van der Waals surface area contributed by atoms with Gasteiger partial charge in [-0.15, -0.1) is 0 Å². The molecule has 0 aliphatic carbocycles. The molecule has 0 aromatic heterocycles. The van der Waals surface area contributed by atoms with Crippen LogP contribution in [0.15, 0.2) is 0 Å². The lowest BCUT2D eigenvalue weighted by Gasteiger charge is -2.22. The zero-order valence-corrected chi connectivity index (χ0v) is 14.6. The first-order valence-electron chi connectivity index (χ1n) is 6.96. The quantitative estimate of drug-likeness (QED) is 0.499. The van der Waals surface area contributed by atoms with Crippen molar-refractivity contribution in [3.05, 3.63) is 0 Å². The Kier molecular flexibility index (Phi) is 8.39. The van der Waals surface area contributed by atoms with E-state index in [2.05, 4.69) is 14.8 Å². The molecule has 0 unspecified atom stereocenters. The molecule has 0 saturated carbocycles. The van der Waals surface area contributed by atoms with Crippen LogP contribution in [0, 0.1) is 0 Å². The van der Waals surface area contributed by atoms with E-state index in [1.54, 1.807) is 20.8 Å². The van der Waals surface area contributed by atoms with E-state index in [1.165, 1.54) is 7.11 Å². The fourth-order valence-corrected chi connectivity index (χ4v) is 2.09. The minimum absolute atomic E-state index is 0.277. The van der Waals surface area contributed by atoms with Gasteiger partial charge in [0.1, 0.15) is 11.6 Å². The standard InChI is InChI=1S/C13H26N2O6S/c1-13(2,3)21-12(17)15-10(11(16)20-4)8-6-7-9-14-22(5,18)19/h10,14H,6-9H2,1-5H3,(H,15,17)/t10-/m0/s1. The molecular weight excluding hydrogens is 312 g/mol. The second kappa shape index (κ2) is 8.94. The Labute approximate surface area is 132 Å². The van der Waals surface area contributed by atoms with Crippen molar-refractivity contribution in [3.8, 4) is 0 Å². The summed E-state index contributed by atoms with van der Waals surface area (Å²) in [6, 6.07) is -0.821. The molecule has 8 nitrogen and oxygen atoms in total. The Hall–Kier alpha value is -1.35. The molecule has 0 radical (unpaired) electrons.